The van der Waals surface area contributed by atoms with Gasteiger partial charge >= 0.3 is 11.9 Å². The predicted molar refractivity (Wildman–Crippen MR) is 146 cm³/mol. The van der Waals surface area contributed by atoms with Gasteiger partial charge in [-0.3, -0.25) is 19.4 Å². The Morgan fingerprint density at radius 1 is 0.605 bits per heavy atom. The van der Waals surface area contributed by atoms with Crippen LogP contribution in [0.15, 0.2) is 84.9 Å². The fourth-order valence-corrected chi connectivity index (χ4v) is 5.51. The van der Waals surface area contributed by atoms with Gasteiger partial charge in [0.15, 0.2) is 0 Å². The minimum Gasteiger partial charge on any atom is -0.460 e. The topological polar surface area (TPSA) is 59.1 Å². The number of rotatable bonds is 10. The second-order valence-electron chi connectivity index (χ2n) is 10.3. The first-order valence-electron chi connectivity index (χ1n) is 13.6. The van der Waals surface area contributed by atoms with E-state index in [2.05, 4.69) is 34.1 Å². The van der Waals surface area contributed by atoms with E-state index >= 15 is 0 Å². The molecule has 198 valence electrons. The zero-order chi connectivity index (χ0) is 26.2. The van der Waals surface area contributed by atoms with Crippen molar-refractivity contribution in [3.8, 4) is 0 Å². The first kappa shape index (κ1) is 26.1. The van der Waals surface area contributed by atoms with E-state index < -0.39 is 0 Å². The Kier molecular flexibility index (Phi) is 8.84. The average Bonchev–Trinajstić information content (AvgIpc) is 3.61. The van der Waals surface area contributed by atoms with Gasteiger partial charge in [-0.2, -0.15) is 0 Å². The molecule has 5 rings (SSSR count). The third-order valence-electron chi connectivity index (χ3n) is 7.48. The maximum Gasteiger partial charge on any atom is 0.323 e. The van der Waals surface area contributed by atoms with Crippen LogP contribution < -0.4 is 0 Å². The SMILES string of the molecule is O=C(OCc1ccccc1)[C@@H]1CCCN1Cc1cccc(CN2CCC[C@H]2C(=O)OCc2ccccc2)c1. The highest BCUT2D eigenvalue weighted by Gasteiger charge is 2.33. The molecular weight excluding hydrogens is 476 g/mol. The summed E-state index contributed by atoms with van der Waals surface area (Å²) in [7, 11) is 0. The summed E-state index contributed by atoms with van der Waals surface area (Å²) >= 11 is 0. The van der Waals surface area contributed by atoms with E-state index in [9.17, 15) is 9.59 Å². The number of likely N-dealkylation sites (tertiary alicyclic amines) is 2. The van der Waals surface area contributed by atoms with Crippen LogP contribution in [-0.4, -0.2) is 46.9 Å². The Morgan fingerprint density at radius 2 is 1.03 bits per heavy atom. The number of benzene rings is 3. The number of carbonyl (C=O) groups excluding carboxylic acids is 2. The summed E-state index contributed by atoms with van der Waals surface area (Å²) in [5, 5.41) is 0. The molecular formula is C32H36N2O4. The van der Waals surface area contributed by atoms with Crippen molar-refractivity contribution in [2.75, 3.05) is 13.1 Å². The molecule has 3 aromatic rings. The first-order valence-corrected chi connectivity index (χ1v) is 13.6. The average molecular weight is 513 g/mol. The molecule has 0 spiro atoms. The largest absolute Gasteiger partial charge is 0.460 e. The molecule has 0 aromatic heterocycles. The molecule has 2 fully saturated rings. The molecule has 6 nitrogen and oxygen atoms in total. The summed E-state index contributed by atoms with van der Waals surface area (Å²) in [5.41, 5.74) is 4.35. The van der Waals surface area contributed by atoms with Crippen molar-refractivity contribution in [3.05, 3.63) is 107 Å². The molecule has 0 N–H and O–H groups in total. The Balaban J connectivity index is 1.15. The number of hydrogen-bond acceptors (Lipinski definition) is 6. The van der Waals surface area contributed by atoms with Crippen LogP contribution in [0.3, 0.4) is 0 Å². The Morgan fingerprint density at radius 3 is 1.47 bits per heavy atom. The van der Waals surface area contributed by atoms with Crippen molar-refractivity contribution in [3.63, 3.8) is 0 Å². The van der Waals surface area contributed by atoms with E-state index in [-0.39, 0.29) is 24.0 Å². The predicted octanol–water partition coefficient (Wildman–Crippen LogP) is 5.10. The number of hydrogen-bond donors (Lipinski definition) is 0. The molecule has 0 saturated carbocycles. The zero-order valence-corrected chi connectivity index (χ0v) is 21.8. The minimum atomic E-state index is -0.204. The van der Waals surface area contributed by atoms with Gasteiger partial charge < -0.3 is 9.47 Å². The fraction of sp³-hybridized carbons (Fsp3) is 0.375. The molecule has 2 aliphatic rings. The number of nitrogens with zero attached hydrogens (tertiary/aromatic N) is 2. The summed E-state index contributed by atoms with van der Waals surface area (Å²) in [5.74, 6) is -0.284. The maximum absolute atomic E-state index is 12.8. The lowest BCUT2D eigenvalue weighted by atomic mass is 10.1. The van der Waals surface area contributed by atoms with Crippen LogP contribution in [-0.2, 0) is 45.4 Å². The van der Waals surface area contributed by atoms with E-state index in [1.54, 1.807) is 0 Å². The van der Waals surface area contributed by atoms with Gasteiger partial charge in [0.25, 0.3) is 0 Å². The van der Waals surface area contributed by atoms with Crippen LogP contribution in [0, 0.1) is 0 Å². The smallest absolute Gasteiger partial charge is 0.323 e. The molecule has 2 aliphatic heterocycles. The van der Waals surface area contributed by atoms with Crippen molar-refractivity contribution in [1.29, 1.82) is 0 Å². The highest BCUT2D eigenvalue weighted by Crippen LogP contribution is 2.25. The van der Waals surface area contributed by atoms with Gasteiger partial charge in [0, 0.05) is 13.1 Å². The van der Waals surface area contributed by atoms with Gasteiger partial charge in [0.1, 0.15) is 25.3 Å². The van der Waals surface area contributed by atoms with Crippen LogP contribution in [0.4, 0.5) is 0 Å². The molecule has 0 bridgehead atoms. The van der Waals surface area contributed by atoms with Crippen LogP contribution in [0.1, 0.15) is 47.9 Å². The summed E-state index contributed by atoms with van der Waals surface area (Å²) in [6, 6.07) is 27.7. The second-order valence-corrected chi connectivity index (χ2v) is 10.3. The lowest BCUT2D eigenvalue weighted by molar-refractivity contribution is -0.151. The van der Waals surface area contributed by atoms with Crippen LogP contribution >= 0.6 is 0 Å². The van der Waals surface area contributed by atoms with E-state index in [0.717, 1.165) is 49.9 Å². The van der Waals surface area contributed by atoms with Gasteiger partial charge in [-0.05, 0) is 61.0 Å². The Labute approximate surface area is 225 Å². The summed E-state index contributed by atoms with van der Waals surface area (Å²) in [6.45, 7) is 3.81. The summed E-state index contributed by atoms with van der Waals surface area (Å²) in [6.07, 6.45) is 3.64. The lowest BCUT2D eigenvalue weighted by Gasteiger charge is -2.25. The molecule has 3 aromatic carbocycles. The molecule has 2 heterocycles. The monoisotopic (exact) mass is 512 g/mol. The van der Waals surface area contributed by atoms with Gasteiger partial charge in [-0.15, -0.1) is 0 Å². The maximum atomic E-state index is 12.8. The number of esters is 2. The van der Waals surface area contributed by atoms with Gasteiger partial charge in [0.2, 0.25) is 0 Å². The highest BCUT2D eigenvalue weighted by molar-refractivity contribution is 5.76. The molecule has 0 unspecified atom stereocenters. The van der Waals surface area contributed by atoms with Crippen molar-refractivity contribution in [1.82, 2.24) is 9.80 Å². The van der Waals surface area contributed by atoms with Crippen molar-refractivity contribution >= 4 is 11.9 Å². The van der Waals surface area contributed by atoms with E-state index in [4.69, 9.17) is 9.47 Å². The summed E-state index contributed by atoms with van der Waals surface area (Å²) in [4.78, 5) is 30.1. The third kappa shape index (κ3) is 6.88. The van der Waals surface area contributed by atoms with Gasteiger partial charge in [-0.25, -0.2) is 0 Å². The van der Waals surface area contributed by atoms with E-state index in [0.29, 0.717) is 26.3 Å². The third-order valence-corrected chi connectivity index (χ3v) is 7.48. The number of ether oxygens (including phenoxy) is 2. The van der Waals surface area contributed by atoms with E-state index in [1.807, 2.05) is 60.7 Å². The molecule has 0 aliphatic carbocycles. The molecule has 38 heavy (non-hydrogen) atoms. The second kappa shape index (κ2) is 12.9. The Bertz CT molecular complexity index is 1110. The molecule has 0 amide bonds. The lowest BCUT2D eigenvalue weighted by Crippen LogP contribution is -2.37. The molecule has 2 saturated heterocycles. The van der Waals surface area contributed by atoms with Crippen molar-refractivity contribution < 1.29 is 19.1 Å². The van der Waals surface area contributed by atoms with Gasteiger partial charge in [-0.1, -0.05) is 84.9 Å². The standard InChI is InChI=1S/C32H36N2O4/c35-31(37-23-25-10-3-1-4-11-25)29-16-8-18-33(29)21-27-14-7-15-28(20-27)22-34-19-9-17-30(34)32(36)38-24-26-12-5-2-6-13-26/h1-7,10-15,20,29-30H,8-9,16-19,21-24H2/t29-,30-/m0/s1. The van der Waals surface area contributed by atoms with Crippen LogP contribution in [0.25, 0.3) is 0 Å². The van der Waals surface area contributed by atoms with Crippen LogP contribution in [0.2, 0.25) is 0 Å². The molecule has 0 radical (unpaired) electrons. The fourth-order valence-electron chi connectivity index (χ4n) is 5.51. The summed E-state index contributed by atoms with van der Waals surface area (Å²) < 4.78 is 11.3. The molecule has 6 heteroatoms. The first-order chi connectivity index (χ1) is 18.7. The highest BCUT2D eigenvalue weighted by atomic mass is 16.5. The van der Waals surface area contributed by atoms with Crippen molar-refractivity contribution in [2.45, 2.75) is 64.1 Å². The van der Waals surface area contributed by atoms with Gasteiger partial charge in [0.05, 0.1) is 0 Å². The molecule has 2 atom stereocenters. The normalized spacial score (nSPS) is 19.9. The zero-order valence-electron chi connectivity index (χ0n) is 21.8. The van der Waals surface area contributed by atoms with Crippen LogP contribution in [0.5, 0.6) is 0 Å². The minimum absolute atomic E-state index is 0.142. The van der Waals surface area contributed by atoms with E-state index in [1.165, 1.54) is 11.1 Å². The van der Waals surface area contributed by atoms with Crippen molar-refractivity contribution in [2.24, 2.45) is 0 Å². The Hall–Kier alpha value is -3.48. The quantitative estimate of drug-likeness (QED) is 0.352. The number of carbonyl (C=O) groups is 2.